The first-order valence-corrected chi connectivity index (χ1v) is 10.9. The Kier molecular flexibility index (Phi) is 6.69. The van der Waals surface area contributed by atoms with E-state index in [1.165, 1.54) is 0 Å². The molecule has 0 bridgehead atoms. The van der Waals surface area contributed by atoms with E-state index >= 15 is 0 Å². The summed E-state index contributed by atoms with van der Waals surface area (Å²) in [6.45, 7) is 4.24. The summed E-state index contributed by atoms with van der Waals surface area (Å²) in [5.41, 5.74) is 5.84. The molecule has 1 aromatic carbocycles. The summed E-state index contributed by atoms with van der Waals surface area (Å²) < 4.78 is 0. The van der Waals surface area contributed by atoms with Crippen LogP contribution in [0.5, 0.6) is 0 Å². The van der Waals surface area contributed by atoms with Gasteiger partial charge in [-0.15, -0.1) is 5.10 Å². The van der Waals surface area contributed by atoms with Gasteiger partial charge < -0.3 is 16.0 Å². The largest absolute Gasteiger partial charge is 0.393 e. The third-order valence-corrected chi connectivity index (χ3v) is 5.28. The molecule has 3 aromatic heterocycles. The maximum absolute atomic E-state index is 8.69. The third kappa shape index (κ3) is 5.38. The van der Waals surface area contributed by atoms with Crippen LogP contribution in [-0.4, -0.2) is 32.9 Å². The minimum absolute atomic E-state index is 0.362. The van der Waals surface area contributed by atoms with Crippen molar-refractivity contribution in [1.29, 1.82) is 5.41 Å². The Bertz CT molecular complexity index is 1300. The van der Waals surface area contributed by atoms with Crippen molar-refractivity contribution in [2.24, 2.45) is 0 Å². The SMILES string of the molecule is CN/C=C(\C(=N)Cc1ccccc1)c1cnc2ccc(Nc3cc(C(C)C)cnn3)nc2c1. The number of nitrogens with zero attached hydrogens (tertiary/aromatic N) is 4. The molecule has 3 N–H and O–H groups in total. The van der Waals surface area contributed by atoms with Gasteiger partial charge in [-0.05, 0) is 41.3 Å². The highest BCUT2D eigenvalue weighted by atomic mass is 15.2. The highest BCUT2D eigenvalue weighted by molar-refractivity contribution is 6.23. The molecule has 0 aliphatic heterocycles. The lowest BCUT2D eigenvalue weighted by atomic mass is 9.97. The van der Waals surface area contributed by atoms with Gasteiger partial charge in [-0.25, -0.2) is 4.98 Å². The van der Waals surface area contributed by atoms with Crippen LogP contribution in [0.15, 0.2) is 73.2 Å². The Morgan fingerprint density at radius 3 is 2.58 bits per heavy atom. The van der Waals surface area contributed by atoms with E-state index in [1.54, 1.807) is 12.4 Å². The highest BCUT2D eigenvalue weighted by Crippen LogP contribution is 2.23. The molecular formula is C26H27N7. The number of anilines is 2. The Morgan fingerprint density at radius 1 is 1.00 bits per heavy atom. The predicted octanol–water partition coefficient (Wildman–Crippen LogP) is 5.11. The second-order valence-electron chi connectivity index (χ2n) is 8.10. The van der Waals surface area contributed by atoms with Crippen LogP contribution in [0, 0.1) is 5.41 Å². The molecule has 0 spiro atoms. The minimum atomic E-state index is 0.362. The van der Waals surface area contributed by atoms with Gasteiger partial charge in [-0.1, -0.05) is 44.2 Å². The number of fused-ring (bicyclic) bond motifs is 1. The molecule has 0 saturated carbocycles. The van der Waals surface area contributed by atoms with E-state index in [9.17, 15) is 0 Å². The lowest BCUT2D eigenvalue weighted by Gasteiger charge is -2.12. The summed E-state index contributed by atoms with van der Waals surface area (Å²) in [7, 11) is 1.83. The van der Waals surface area contributed by atoms with Crippen LogP contribution in [0.4, 0.5) is 11.6 Å². The van der Waals surface area contributed by atoms with Gasteiger partial charge >= 0.3 is 0 Å². The summed E-state index contributed by atoms with van der Waals surface area (Å²) in [4.78, 5) is 9.31. The van der Waals surface area contributed by atoms with Crippen LogP contribution in [0.1, 0.15) is 36.5 Å². The van der Waals surface area contributed by atoms with Crippen molar-refractivity contribution in [3.8, 4) is 0 Å². The standard InChI is InChI=1S/C26H27N7/c1-17(2)19-13-26(33-30-15-19)32-25-10-9-23-24(31-25)12-20(14-29-23)21(16-28-3)22(27)11-18-7-5-4-6-8-18/h4-10,12-17,27-28H,11H2,1-3H3,(H,31,32,33)/b21-16-,27-22?. The number of aromatic nitrogens is 4. The number of hydrogen-bond acceptors (Lipinski definition) is 7. The highest BCUT2D eigenvalue weighted by Gasteiger charge is 2.12. The fourth-order valence-electron chi connectivity index (χ4n) is 3.50. The zero-order chi connectivity index (χ0) is 23.2. The quantitative estimate of drug-likeness (QED) is 0.331. The maximum Gasteiger partial charge on any atom is 0.154 e. The Hall–Kier alpha value is -4.13. The van der Waals surface area contributed by atoms with Crippen LogP contribution in [-0.2, 0) is 6.42 Å². The molecule has 33 heavy (non-hydrogen) atoms. The van der Waals surface area contributed by atoms with E-state index < -0.39 is 0 Å². The second kappa shape index (κ2) is 9.99. The first-order chi connectivity index (χ1) is 16.0. The molecule has 7 heteroatoms. The molecule has 0 radical (unpaired) electrons. The smallest absolute Gasteiger partial charge is 0.154 e. The Morgan fingerprint density at radius 2 is 1.82 bits per heavy atom. The topological polar surface area (TPSA) is 99.5 Å². The minimum Gasteiger partial charge on any atom is -0.393 e. The van der Waals surface area contributed by atoms with Gasteiger partial charge in [0.25, 0.3) is 0 Å². The summed E-state index contributed by atoms with van der Waals surface area (Å²) >= 11 is 0. The molecule has 4 aromatic rings. The number of hydrogen-bond donors (Lipinski definition) is 3. The molecule has 0 atom stereocenters. The summed E-state index contributed by atoms with van der Waals surface area (Å²) in [6, 6.07) is 17.8. The molecule has 0 aliphatic carbocycles. The molecule has 0 amide bonds. The van der Waals surface area contributed by atoms with E-state index in [0.717, 1.165) is 33.3 Å². The van der Waals surface area contributed by atoms with Crippen molar-refractivity contribution >= 4 is 34.0 Å². The molecule has 0 unspecified atom stereocenters. The fraction of sp³-hybridized carbons (Fsp3) is 0.192. The number of benzene rings is 1. The summed E-state index contributed by atoms with van der Waals surface area (Å²) in [6.07, 6.45) is 5.94. The van der Waals surface area contributed by atoms with Crippen molar-refractivity contribution in [1.82, 2.24) is 25.5 Å². The van der Waals surface area contributed by atoms with Gasteiger partial charge in [0.05, 0.1) is 17.2 Å². The van der Waals surface area contributed by atoms with Crippen molar-refractivity contribution in [3.63, 3.8) is 0 Å². The van der Waals surface area contributed by atoms with Crippen molar-refractivity contribution in [3.05, 3.63) is 89.9 Å². The normalized spacial score (nSPS) is 11.6. The zero-order valence-corrected chi connectivity index (χ0v) is 19.0. The second-order valence-corrected chi connectivity index (χ2v) is 8.10. The summed E-state index contributed by atoms with van der Waals surface area (Å²) in [5, 5.41) is 23.2. The number of pyridine rings is 2. The van der Waals surface area contributed by atoms with Crippen molar-refractivity contribution in [2.45, 2.75) is 26.2 Å². The van der Waals surface area contributed by atoms with Crippen LogP contribution in [0.3, 0.4) is 0 Å². The van der Waals surface area contributed by atoms with E-state index in [2.05, 4.69) is 39.7 Å². The predicted molar refractivity (Wildman–Crippen MR) is 134 cm³/mol. The summed E-state index contributed by atoms with van der Waals surface area (Å²) in [5.74, 6) is 1.67. The van der Waals surface area contributed by atoms with Crippen LogP contribution in [0.25, 0.3) is 16.6 Å². The van der Waals surface area contributed by atoms with Crippen LogP contribution < -0.4 is 10.6 Å². The molecule has 166 valence electrons. The molecule has 0 aliphatic rings. The van der Waals surface area contributed by atoms with E-state index in [0.29, 0.717) is 29.7 Å². The fourth-order valence-corrected chi connectivity index (χ4v) is 3.50. The molecule has 3 heterocycles. The molecule has 7 nitrogen and oxygen atoms in total. The lowest BCUT2D eigenvalue weighted by molar-refractivity contribution is 0.843. The molecule has 0 saturated heterocycles. The van der Waals surface area contributed by atoms with Gasteiger partial charge in [0.2, 0.25) is 0 Å². The third-order valence-electron chi connectivity index (χ3n) is 5.28. The van der Waals surface area contributed by atoms with Crippen molar-refractivity contribution in [2.75, 3.05) is 12.4 Å². The number of allylic oxidation sites excluding steroid dienone is 1. The van der Waals surface area contributed by atoms with Crippen LogP contribution >= 0.6 is 0 Å². The lowest BCUT2D eigenvalue weighted by Crippen LogP contribution is -2.09. The molecule has 0 fully saturated rings. The van der Waals surface area contributed by atoms with Crippen molar-refractivity contribution < 1.29 is 0 Å². The van der Waals surface area contributed by atoms with E-state index in [-0.39, 0.29) is 0 Å². The Balaban J connectivity index is 1.62. The average Bonchev–Trinajstić information content (AvgIpc) is 2.83. The molecular weight excluding hydrogens is 410 g/mol. The Labute approximate surface area is 193 Å². The first kappa shape index (κ1) is 22.1. The average molecular weight is 438 g/mol. The number of nitrogens with one attached hydrogen (secondary N) is 3. The maximum atomic E-state index is 8.69. The van der Waals surface area contributed by atoms with E-state index in [1.807, 2.05) is 67.8 Å². The first-order valence-electron chi connectivity index (χ1n) is 10.9. The zero-order valence-electron chi connectivity index (χ0n) is 19.0. The number of rotatable bonds is 8. The van der Waals surface area contributed by atoms with Gasteiger partial charge in [0.1, 0.15) is 5.82 Å². The van der Waals surface area contributed by atoms with Gasteiger partial charge in [-0.2, -0.15) is 5.10 Å². The van der Waals surface area contributed by atoms with Gasteiger partial charge in [-0.3, -0.25) is 4.98 Å². The molecule has 4 rings (SSSR count). The van der Waals surface area contributed by atoms with E-state index in [4.69, 9.17) is 10.4 Å². The van der Waals surface area contributed by atoms with Crippen LogP contribution in [0.2, 0.25) is 0 Å². The van der Waals surface area contributed by atoms with Gasteiger partial charge in [0.15, 0.2) is 5.82 Å². The van der Waals surface area contributed by atoms with Gasteiger partial charge in [0, 0.05) is 42.7 Å². The monoisotopic (exact) mass is 437 g/mol.